The minimum absolute atomic E-state index is 0.00509. The molecule has 0 saturated carbocycles. The van der Waals surface area contributed by atoms with Gasteiger partial charge in [-0.25, -0.2) is 14.4 Å². The first-order valence-electron chi connectivity index (χ1n) is 9.71. The van der Waals surface area contributed by atoms with Crippen LogP contribution in [0.15, 0.2) is 42.7 Å². The van der Waals surface area contributed by atoms with Crippen LogP contribution in [0.4, 0.5) is 33.2 Å². The van der Waals surface area contributed by atoms with Crippen molar-refractivity contribution in [3.05, 3.63) is 48.5 Å². The average molecular weight is 424 g/mol. The van der Waals surface area contributed by atoms with Crippen molar-refractivity contribution in [1.29, 1.82) is 0 Å². The number of carbonyl (C=O) groups is 1. The molecule has 10 heteroatoms. The van der Waals surface area contributed by atoms with Crippen molar-refractivity contribution in [2.24, 2.45) is 0 Å². The zero-order valence-corrected chi connectivity index (χ0v) is 17.1. The van der Waals surface area contributed by atoms with Crippen molar-refractivity contribution in [1.82, 2.24) is 15.0 Å². The number of ether oxygens (including phenoxy) is 2. The van der Waals surface area contributed by atoms with Crippen LogP contribution in [-0.2, 0) is 4.79 Å². The van der Waals surface area contributed by atoms with Gasteiger partial charge in [0.05, 0.1) is 37.4 Å². The van der Waals surface area contributed by atoms with Crippen LogP contribution in [0, 0.1) is 5.82 Å². The van der Waals surface area contributed by atoms with Gasteiger partial charge in [0.1, 0.15) is 12.4 Å². The van der Waals surface area contributed by atoms with Gasteiger partial charge in [0.15, 0.2) is 11.6 Å². The number of halogens is 1. The van der Waals surface area contributed by atoms with Crippen LogP contribution < -0.4 is 25.0 Å². The third-order valence-corrected chi connectivity index (χ3v) is 4.63. The van der Waals surface area contributed by atoms with Crippen molar-refractivity contribution in [2.45, 2.75) is 13.3 Å². The van der Waals surface area contributed by atoms with Gasteiger partial charge in [-0.1, -0.05) is 6.92 Å². The van der Waals surface area contributed by atoms with E-state index in [1.54, 1.807) is 41.4 Å². The molecule has 3 aromatic rings. The monoisotopic (exact) mass is 424 g/mol. The summed E-state index contributed by atoms with van der Waals surface area (Å²) in [7, 11) is 1.53. The molecular weight excluding hydrogens is 403 g/mol. The van der Waals surface area contributed by atoms with Crippen molar-refractivity contribution >= 4 is 34.7 Å². The van der Waals surface area contributed by atoms with Crippen LogP contribution in [0.1, 0.15) is 13.3 Å². The summed E-state index contributed by atoms with van der Waals surface area (Å²) in [5.41, 5.74) is 1.83. The fourth-order valence-electron chi connectivity index (χ4n) is 3.10. The zero-order valence-electron chi connectivity index (χ0n) is 17.1. The maximum atomic E-state index is 14.4. The highest BCUT2D eigenvalue weighted by Gasteiger charge is 2.23. The van der Waals surface area contributed by atoms with E-state index < -0.39 is 5.82 Å². The van der Waals surface area contributed by atoms with Gasteiger partial charge in [0.2, 0.25) is 17.7 Å². The van der Waals surface area contributed by atoms with E-state index in [-0.39, 0.29) is 17.7 Å². The van der Waals surface area contributed by atoms with E-state index in [9.17, 15) is 9.18 Å². The Morgan fingerprint density at radius 1 is 1.19 bits per heavy atom. The van der Waals surface area contributed by atoms with Gasteiger partial charge in [0, 0.05) is 18.2 Å². The number of aromatic nitrogens is 3. The molecule has 2 aromatic heterocycles. The Bertz CT molecular complexity index is 1090. The van der Waals surface area contributed by atoms with E-state index in [0.29, 0.717) is 48.3 Å². The summed E-state index contributed by atoms with van der Waals surface area (Å²) in [5, 5.41) is 5.92. The standard InChI is InChI=1S/C21H21FN6O3/c1-3-19(29)28-8-9-31-17-6-4-13(10-16(17)28)25-20-15(22)12-24-21(27-20)26-14-5-7-18(30-2)23-11-14/h4-7,10-12H,3,8-9H2,1-2H3,(H2,24,25,26,27). The number of rotatable bonds is 6. The molecular formula is C21H21FN6O3. The molecule has 1 aliphatic rings. The molecule has 3 heterocycles. The van der Waals surface area contributed by atoms with E-state index in [0.717, 1.165) is 6.20 Å². The number of amides is 1. The number of nitrogens with one attached hydrogen (secondary N) is 2. The number of fused-ring (bicyclic) bond motifs is 1. The predicted molar refractivity (Wildman–Crippen MR) is 114 cm³/mol. The quantitative estimate of drug-likeness (QED) is 0.619. The number of hydrogen-bond acceptors (Lipinski definition) is 8. The number of benzene rings is 1. The first-order valence-corrected chi connectivity index (χ1v) is 9.71. The summed E-state index contributed by atoms with van der Waals surface area (Å²) in [5.74, 6) is 0.642. The highest BCUT2D eigenvalue weighted by molar-refractivity contribution is 5.95. The van der Waals surface area contributed by atoms with Crippen LogP contribution in [0.5, 0.6) is 11.6 Å². The zero-order chi connectivity index (χ0) is 21.8. The molecule has 1 aromatic carbocycles. The van der Waals surface area contributed by atoms with Crippen molar-refractivity contribution in [2.75, 3.05) is 35.8 Å². The van der Waals surface area contributed by atoms with Gasteiger partial charge in [-0.15, -0.1) is 0 Å². The van der Waals surface area contributed by atoms with Crippen LogP contribution in [0.3, 0.4) is 0 Å². The van der Waals surface area contributed by atoms with Crippen molar-refractivity contribution < 1.29 is 18.7 Å². The van der Waals surface area contributed by atoms with Gasteiger partial charge in [-0.2, -0.15) is 4.98 Å². The Morgan fingerprint density at radius 3 is 2.77 bits per heavy atom. The molecule has 0 fully saturated rings. The maximum Gasteiger partial charge on any atom is 0.229 e. The van der Waals surface area contributed by atoms with E-state index in [1.807, 2.05) is 6.92 Å². The maximum absolute atomic E-state index is 14.4. The Balaban J connectivity index is 1.56. The third-order valence-electron chi connectivity index (χ3n) is 4.63. The van der Waals surface area contributed by atoms with Crippen molar-refractivity contribution in [3.8, 4) is 11.6 Å². The second kappa shape index (κ2) is 8.82. The number of nitrogens with zero attached hydrogens (tertiary/aromatic N) is 4. The van der Waals surface area contributed by atoms with Gasteiger partial charge < -0.3 is 25.0 Å². The molecule has 2 N–H and O–H groups in total. The lowest BCUT2D eigenvalue weighted by atomic mass is 10.2. The molecule has 160 valence electrons. The summed E-state index contributed by atoms with van der Waals surface area (Å²) in [6, 6.07) is 8.65. The fourth-order valence-corrected chi connectivity index (χ4v) is 3.10. The Kier molecular flexibility index (Phi) is 5.78. The fraction of sp³-hybridized carbons (Fsp3) is 0.238. The van der Waals surface area contributed by atoms with Crippen LogP contribution in [0.25, 0.3) is 0 Å². The second-order valence-electron chi connectivity index (χ2n) is 6.66. The summed E-state index contributed by atoms with van der Waals surface area (Å²) >= 11 is 0. The van der Waals surface area contributed by atoms with E-state index in [4.69, 9.17) is 9.47 Å². The summed E-state index contributed by atoms with van der Waals surface area (Å²) in [4.78, 5) is 26.2. The van der Waals surface area contributed by atoms with Crippen molar-refractivity contribution in [3.63, 3.8) is 0 Å². The molecule has 0 spiro atoms. The van der Waals surface area contributed by atoms with Crippen LogP contribution >= 0.6 is 0 Å². The van der Waals surface area contributed by atoms with E-state index in [1.165, 1.54) is 7.11 Å². The molecule has 31 heavy (non-hydrogen) atoms. The summed E-state index contributed by atoms with van der Waals surface area (Å²) in [6.45, 7) is 2.71. The normalized spacial score (nSPS) is 12.5. The number of methoxy groups -OCH3 is 1. The number of hydrogen-bond donors (Lipinski definition) is 2. The largest absolute Gasteiger partial charge is 0.490 e. The Labute approximate surface area is 178 Å². The van der Waals surface area contributed by atoms with Crippen LogP contribution in [-0.4, -0.2) is 41.1 Å². The first kappa shape index (κ1) is 20.3. The summed E-state index contributed by atoms with van der Waals surface area (Å²) < 4.78 is 25.0. The molecule has 0 saturated heterocycles. The van der Waals surface area contributed by atoms with Gasteiger partial charge >= 0.3 is 0 Å². The third kappa shape index (κ3) is 4.47. The van der Waals surface area contributed by atoms with Gasteiger partial charge in [-0.05, 0) is 24.3 Å². The smallest absolute Gasteiger partial charge is 0.229 e. The Morgan fingerprint density at radius 2 is 2.03 bits per heavy atom. The molecule has 4 rings (SSSR count). The average Bonchev–Trinajstić information content (AvgIpc) is 2.81. The SMILES string of the molecule is CCC(=O)N1CCOc2ccc(Nc3nc(Nc4ccc(OC)nc4)ncc3F)cc21. The lowest BCUT2D eigenvalue weighted by Gasteiger charge is -2.29. The number of anilines is 5. The molecule has 0 radical (unpaired) electrons. The lowest BCUT2D eigenvalue weighted by molar-refractivity contribution is -0.118. The van der Waals surface area contributed by atoms with E-state index >= 15 is 0 Å². The summed E-state index contributed by atoms with van der Waals surface area (Å²) in [6.07, 6.45) is 3.01. The highest BCUT2D eigenvalue weighted by Crippen LogP contribution is 2.35. The van der Waals surface area contributed by atoms with Gasteiger partial charge in [-0.3, -0.25) is 4.79 Å². The number of pyridine rings is 1. The minimum Gasteiger partial charge on any atom is -0.490 e. The van der Waals surface area contributed by atoms with Gasteiger partial charge in [0.25, 0.3) is 0 Å². The molecule has 1 aliphatic heterocycles. The highest BCUT2D eigenvalue weighted by atomic mass is 19.1. The van der Waals surface area contributed by atoms with E-state index in [2.05, 4.69) is 25.6 Å². The second-order valence-corrected chi connectivity index (χ2v) is 6.66. The minimum atomic E-state index is -0.617. The molecule has 1 amide bonds. The first-order chi connectivity index (χ1) is 15.1. The molecule has 0 bridgehead atoms. The van der Waals surface area contributed by atoms with Crippen LogP contribution in [0.2, 0.25) is 0 Å². The Hall–Kier alpha value is -3.95. The molecule has 9 nitrogen and oxygen atoms in total. The number of carbonyl (C=O) groups excluding carboxylic acids is 1. The molecule has 0 aliphatic carbocycles. The topological polar surface area (TPSA) is 102 Å². The lowest BCUT2D eigenvalue weighted by Crippen LogP contribution is -2.37. The molecule has 0 atom stereocenters. The predicted octanol–water partition coefficient (Wildman–Crippen LogP) is 3.64. The molecule has 0 unspecified atom stereocenters.